The summed E-state index contributed by atoms with van der Waals surface area (Å²) in [6.07, 6.45) is 0.688. The number of sulfonamides is 1. The molecule has 2 heterocycles. The summed E-state index contributed by atoms with van der Waals surface area (Å²) in [5.74, 6) is 0. The van der Waals surface area contributed by atoms with Crippen molar-refractivity contribution in [1.82, 2.24) is 0 Å². The van der Waals surface area contributed by atoms with Crippen molar-refractivity contribution >= 4 is 38.6 Å². The van der Waals surface area contributed by atoms with E-state index in [1.165, 1.54) is 10.4 Å². The van der Waals surface area contributed by atoms with Crippen LogP contribution in [-0.2, 0) is 16.4 Å². The predicted octanol–water partition coefficient (Wildman–Crippen LogP) is 2.48. The molecule has 1 aliphatic rings. The van der Waals surface area contributed by atoms with Crippen LogP contribution in [0.2, 0.25) is 4.34 Å². The highest BCUT2D eigenvalue weighted by atomic mass is 35.5. The van der Waals surface area contributed by atoms with Gasteiger partial charge in [0, 0.05) is 12.6 Å². The number of fused-ring (bicyclic) bond motifs is 1. The minimum Gasteiger partial charge on any atom is -0.326 e. The van der Waals surface area contributed by atoms with Gasteiger partial charge < -0.3 is 5.73 Å². The smallest absolute Gasteiger partial charge is 0.273 e. The number of nitrogens with two attached hydrogens (primary N) is 1. The molecule has 0 saturated carbocycles. The van der Waals surface area contributed by atoms with E-state index in [9.17, 15) is 8.42 Å². The SMILES string of the molecule is NC1Cc2ccccc2N(S(=O)(=O)c2ccc(Cl)s2)C1. The molecule has 1 aromatic carbocycles. The van der Waals surface area contributed by atoms with Gasteiger partial charge in [0.25, 0.3) is 10.0 Å². The van der Waals surface area contributed by atoms with Crippen LogP contribution in [0.1, 0.15) is 5.56 Å². The first-order chi connectivity index (χ1) is 9.48. The van der Waals surface area contributed by atoms with E-state index < -0.39 is 10.0 Å². The molecule has 106 valence electrons. The zero-order valence-electron chi connectivity index (χ0n) is 10.5. The number of hydrogen-bond acceptors (Lipinski definition) is 4. The largest absolute Gasteiger partial charge is 0.326 e. The predicted molar refractivity (Wildman–Crippen MR) is 82.0 cm³/mol. The van der Waals surface area contributed by atoms with E-state index in [0.29, 0.717) is 16.4 Å². The first-order valence-corrected chi connectivity index (χ1v) is 8.73. The Morgan fingerprint density at radius 3 is 2.70 bits per heavy atom. The van der Waals surface area contributed by atoms with E-state index in [1.807, 2.05) is 24.3 Å². The van der Waals surface area contributed by atoms with Gasteiger partial charge in [-0.25, -0.2) is 8.42 Å². The number of nitrogens with zero attached hydrogens (tertiary/aromatic N) is 1. The number of hydrogen-bond donors (Lipinski definition) is 1. The molecule has 4 nitrogen and oxygen atoms in total. The highest BCUT2D eigenvalue weighted by molar-refractivity contribution is 7.94. The van der Waals surface area contributed by atoms with Gasteiger partial charge in [-0.15, -0.1) is 11.3 Å². The van der Waals surface area contributed by atoms with Crippen LogP contribution in [-0.4, -0.2) is 21.0 Å². The number of anilines is 1. The first-order valence-electron chi connectivity index (χ1n) is 6.10. The van der Waals surface area contributed by atoms with Gasteiger partial charge in [0.05, 0.1) is 10.0 Å². The molecule has 3 rings (SSSR count). The Morgan fingerprint density at radius 2 is 2.00 bits per heavy atom. The maximum Gasteiger partial charge on any atom is 0.273 e. The van der Waals surface area contributed by atoms with Gasteiger partial charge in [0.15, 0.2) is 0 Å². The Labute approximate surface area is 126 Å². The summed E-state index contributed by atoms with van der Waals surface area (Å²) < 4.78 is 27.5. The van der Waals surface area contributed by atoms with E-state index >= 15 is 0 Å². The molecular weight excluding hydrogens is 316 g/mol. The molecule has 1 aliphatic heterocycles. The number of para-hydroxylation sites is 1. The molecule has 1 aromatic heterocycles. The van der Waals surface area contributed by atoms with Crippen LogP contribution in [0.15, 0.2) is 40.6 Å². The lowest BCUT2D eigenvalue weighted by Crippen LogP contribution is -2.45. The Bertz CT molecular complexity index is 742. The summed E-state index contributed by atoms with van der Waals surface area (Å²) in [6, 6.07) is 10.4. The molecule has 0 aliphatic carbocycles. The zero-order chi connectivity index (χ0) is 14.3. The van der Waals surface area contributed by atoms with Gasteiger partial charge in [-0.2, -0.15) is 0 Å². The van der Waals surface area contributed by atoms with Gasteiger partial charge >= 0.3 is 0 Å². The molecular formula is C13H13ClN2O2S2. The van der Waals surface area contributed by atoms with Crippen LogP contribution in [0.3, 0.4) is 0 Å². The topological polar surface area (TPSA) is 63.4 Å². The number of benzene rings is 1. The van der Waals surface area contributed by atoms with Crippen LogP contribution in [0, 0.1) is 0 Å². The van der Waals surface area contributed by atoms with Crippen LogP contribution >= 0.6 is 22.9 Å². The van der Waals surface area contributed by atoms with Gasteiger partial charge in [0.2, 0.25) is 0 Å². The lowest BCUT2D eigenvalue weighted by molar-refractivity contribution is 0.577. The molecule has 1 atom stereocenters. The van der Waals surface area contributed by atoms with Gasteiger partial charge in [0.1, 0.15) is 4.21 Å². The van der Waals surface area contributed by atoms with Crippen molar-refractivity contribution in [3.05, 3.63) is 46.3 Å². The highest BCUT2D eigenvalue weighted by Gasteiger charge is 2.32. The molecule has 0 bridgehead atoms. The fourth-order valence-electron chi connectivity index (χ4n) is 2.36. The summed E-state index contributed by atoms with van der Waals surface area (Å²) in [5, 5.41) is 0. The fourth-order valence-corrected chi connectivity index (χ4v) is 5.51. The van der Waals surface area contributed by atoms with Crippen molar-refractivity contribution in [1.29, 1.82) is 0 Å². The van der Waals surface area contributed by atoms with Crippen molar-refractivity contribution in [2.24, 2.45) is 5.73 Å². The second-order valence-electron chi connectivity index (χ2n) is 4.69. The van der Waals surface area contributed by atoms with Crippen molar-refractivity contribution in [2.45, 2.75) is 16.7 Å². The molecule has 20 heavy (non-hydrogen) atoms. The van der Waals surface area contributed by atoms with E-state index in [0.717, 1.165) is 16.9 Å². The van der Waals surface area contributed by atoms with E-state index in [-0.39, 0.29) is 16.8 Å². The van der Waals surface area contributed by atoms with Crippen molar-refractivity contribution in [3.8, 4) is 0 Å². The highest BCUT2D eigenvalue weighted by Crippen LogP contribution is 2.34. The van der Waals surface area contributed by atoms with Crippen LogP contribution in [0.25, 0.3) is 0 Å². The maximum absolute atomic E-state index is 12.7. The third-order valence-corrected chi connectivity index (χ3v) is 6.71. The normalized spacial score (nSPS) is 18.9. The standard InChI is InChI=1S/C13H13ClN2O2S2/c14-12-5-6-13(19-12)20(17,18)16-8-10(15)7-9-3-1-2-4-11(9)16/h1-6,10H,7-8,15H2. The molecule has 0 saturated heterocycles. The summed E-state index contributed by atoms with van der Waals surface area (Å²) in [5.41, 5.74) is 7.65. The molecule has 2 aromatic rings. The Morgan fingerprint density at radius 1 is 1.25 bits per heavy atom. The average Bonchev–Trinajstić information content (AvgIpc) is 2.85. The van der Waals surface area contributed by atoms with E-state index in [2.05, 4.69) is 0 Å². The maximum atomic E-state index is 12.7. The average molecular weight is 329 g/mol. The molecule has 0 spiro atoms. The summed E-state index contributed by atoms with van der Waals surface area (Å²) >= 11 is 6.90. The number of rotatable bonds is 2. The Hall–Kier alpha value is -1.08. The van der Waals surface area contributed by atoms with Crippen LogP contribution in [0.4, 0.5) is 5.69 Å². The Kier molecular flexibility index (Phi) is 3.50. The van der Waals surface area contributed by atoms with Gasteiger partial charge in [-0.1, -0.05) is 29.8 Å². The van der Waals surface area contributed by atoms with E-state index in [4.69, 9.17) is 17.3 Å². The molecule has 0 radical (unpaired) electrons. The lowest BCUT2D eigenvalue weighted by atomic mass is 10.0. The second-order valence-corrected chi connectivity index (χ2v) is 8.49. The number of halogens is 1. The van der Waals surface area contributed by atoms with Crippen molar-refractivity contribution < 1.29 is 8.42 Å². The summed E-state index contributed by atoms with van der Waals surface area (Å²) in [7, 11) is -3.60. The van der Waals surface area contributed by atoms with Crippen molar-refractivity contribution in [2.75, 3.05) is 10.8 Å². The van der Waals surface area contributed by atoms with Gasteiger partial charge in [-0.3, -0.25) is 4.31 Å². The summed E-state index contributed by atoms with van der Waals surface area (Å²) in [6.45, 7) is 0.287. The molecule has 2 N–H and O–H groups in total. The first kappa shape index (κ1) is 13.9. The lowest BCUT2D eigenvalue weighted by Gasteiger charge is -2.33. The van der Waals surface area contributed by atoms with Crippen LogP contribution < -0.4 is 10.0 Å². The molecule has 7 heteroatoms. The van der Waals surface area contributed by atoms with Gasteiger partial charge in [-0.05, 0) is 30.2 Å². The Balaban J connectivity index is 2.10. The summed E-state index contributed by atoms with van der Waals surface area (Å²) in [4.78, 5) is 0. The third kappa shape index (κ3) is 2.33. The quantitative estimate of drug-likeness (QED) is 0.921. The second kappa shape index (κ2) is 5.04. The van der Waals surface area contributed by atoms with E-state index in [1.54, 1.807) is 6.07 Å². The minimum atomic E-state index is -3.60. The molecule has 0 fully saturated rings. The monoisotopic (exact) mass is 328 g/mol. The van der Waals surface area contributed by atoms with Crippen molar-refractivity contribution in [3.63, 3.8) is 0 Å². The number of thiophene rings is 1. The minimum absolute atomic E-state index is 0.199. The molecule has 1 unspecified atom stereocenters. The zero-order valence-corrected chi connectivity index (χ0v) is 12.9. The fraction of sp³-hybridized carbons (Fsp3) is 0.231. The van der Waals surface area contributed by atoms with Crippen LogP contribution in [0.5, 0.6) is 0 Å². The third-order valence-electron chi connectivity index (χ3n) is 3.24. The molecule has 0 amide bonds.